The molecular formula is C21H27N3O4. The highest BCUT2D eigenvalue weighted by atomic mass is 16.4. The SMILES string of the molecule is O=C(Nc1ccc(NC(=O)C2CC=CCC2C(=O)O)cc1)NC1CCCCC1. The van der Waals surface area contributed by atoms with Gasteiger partial charge in [-0.05, 0) is 49.9 Å². The number of rotatable bonds is 5. The van der Waals surface area contributed by atoms with Gasteiger partial charge in [0.1, 0.15) is 0 Å². The summed E-state index contributed by atoms with van der Waals surface area (Å²) in [5.74, 6) is -2.53. The number of anilines is 2. The van der Waals surface area contributed by atoms with E-state index in [-0.39, 0.29) is 18.0 Å². The molecule has 0 bridgehead atoms. The Morgan fingerprint density at radius 3 is 2.00 bits per heavy atom. The van der Waals surface area contributed by atoms with Gasteiger partial charge in [0.2, 0.25) is 5.91 Å². The van der Waals surface area contributed by atoms with Crippen LogP contribution < -0.4 is 16.0 Å². The Morgan fingerprint density at radius 1 is 0.821 bits per heavy atom. The molecule has 0 aliphatic heterocycles. The Bertz CT molecular complexity index is 739. The third-order valence-electron chi connectivity index (χ3n) is 5.44. The number of urea groups is 1. The third-order valence-corrected chi connectivity index (χ3v) is 5.44. The van der Waals surface area contributed by atoms with Crippen LogP contribution in [0.25, 0.3) is 0 Å². The number of carbonyl (C=O) groups is 3. The van der Waals surface area contributed by atoms with E-state index >= 15 is 0 Å². The van der Waals surface area contributed by atoms with Gasteiger partial charge in [-0.1, -0.05) is 31.4 Å². The van der Waals surface area contributed by atoms with E-state index in [2.05, 4.69) is 16.0 Å². The lowest BCUT2D eigenvalue weighted by atomic mass is 9.82. The minimum absolute atomic E-state index is 0.220. The molecule has 1 aromatic rings. The van der Waals surface area contributed by atoms with E-state index in [1.54, 1.807) is 30.3 Å². The van der Waals surface area contributed by atoms with Crippen molar-refractivity contribution in [1.29, 1.82) is 0 Å². The standard InChI is InChI=1S/C21H27N3O4/c25-19(17-8-4-5-9-18(17)20(26)27)22-15-10-12-16(13-11-15)24-21(28)23-14-6-2-1-3-7-14/h4-5,10-14,17-18H,1-3,6-9H2,(H,22,25)(H,26,27)(H2,23,24,28). The van der Waals surface area contributed by atoms with E-state index in [0.717, 1.165) is 25.7 Å². The average Bonchev–Trinajstić information content (AvgIpc) is 2.70. The van der Waals surface area contributed by atoms with Gasteiger partial charge in [0, 0.05) is 17.4 Å². The van der Waals surface area contributed by atoms with Crippen molar-refractivity contribution in [3.8, 4) is 0 Å². The van der Waals surface area contributed by atoms with Crippen molar-refractivity contribution >= 4 is 29.3 Å². The molecule has 3 rings (SSSR count). The smallest absolute Gasteiger partial charge is 0.319 e. The second-order valence-corrected chi connectivity index (χ2v) is 7.49. The first-order valence-corrected chi connectivity index (χ1v) is 9.89. The second kappa shape index (κ2) is 9.39. The van der Waals surface area contributed by atoms with Crippen molar-refractivity contribution in [3.05, 3.63) is 36.4 Å². The summed E-state index contributed by atoms with van der Waals surface area (Å²) < 4.78 is 0. The largest absolute Gasteiger partial charge is 0.481 e. The molecule has 2 atom stereocenters. The van der Waals surface area contributed by atoms with E-state index in [1.807, 2.05) is 6.08 Å². The van der Waals surface area contributed by atoms with Gasteiger partial charge in [0.05, 0.1) is 11.8 Å². The van der Waals surface area contributed by atoms with E-state index in [9.17, 15) is 19.5 Å². The summed E-state index contributed by atoms with van der Waals surface area (Å²) >= 11 is 0. The average molecular weight is 385 g/mol. The molecule has 1 saturated carbocycles. The molecule has 4 N–H and O–H groups in total. The van der Waals surface area contributed by atoms with Gasteiger partial charge in [-0.2, -0.15) is 0 Å². The van der Waals surface area contributed by atoms with Crippen molar-refractivity contribution in [2.75, 3.05) is 10.6 Å². The molecule has 2 unspecified atom stereocenters. The summed E-state index contributed by atoms with van der Waals surface area (Å²) in [5, 5.41) is 17.9. The quantitative estimate of drug-likeness (QED) is 0.579. The first-order valence-electron chi connectivity index (χ1n) is 9.89. The van der Waals surface area contributed by atoms with Gasteiger partial charge in [-0.3, -0.25) is 9.59 Å². The zero-order valence-electron chi connectivity index (χ0n) is 15.8. The fraction of sp³-hybridized carbons (Fsp3) is 0.476. The first kappa shape index (κ1) is 19.9. The molecule has 7 heteroatoms. The number of hydrogen-bond acceptors (Lipinski definition) is 3. The minimum Gasteiger partial charge on any atom is -0.481 e. The molecular weight excluding hydrogens is 358 g/mol. The zero-order chi connectivity index (χ0) is 19.9. The van der Waals surface area contributed by atoms with Crippen LogP contribution in [0.1, 0.15) is 44.9 Å². The zero-order valence-corrected chi connectivity index (χ0v) is 15.8. The number of carbonyl (C=O) groups excluding carboxylic acids is 2. The van der Waals surface area contributed by atoms with E-state index in [0.29, 0.717) is 24.2 Å². The number of amides is 3. The Hall–Kier alpha value is -2.83. The van der Waals surface area contributed by atoms with E-state index in [1.165, 1.54) is 6.42 Å². The lowest BCUT2D eigenvalue weighted by molar-refractivity contribution is -0.146. The van der Waals surface area contributed by atoms with E-state index < -0.39 is 17.8 Å². The molecule has 150 valence electrons. The Kier molecular flexibility index (Phi) is 6.68. The van der Waals surface area contributed by atoms with Crippen LogP contribution in [0.5, 0.6) is 0 Å². The molecule has 28 heavy (non-hydrogen) atoms. The van der Waals surface area contributed by atoms with Gasteiger partial charge in [0.15, 0.2) is 0 Å². The number of hydrogen-bond donors (Lipinski definition) is 4. The highest BCUT2D eigenvalue weighted by molar-refractivity contribution is 5.96. The highest BCUT2D eigenvalue weighted by Crippen LogP contribution is 2.27. The summed E-state index contributed by atoms with van der Waals surface area (Å²) in [6, 6.07) is 6.84. The fourth-order valence-electron chi connectivity index (χ4n) is 3.85. The maximum Gasteiger partial charge on any atom is 0.319 e. The molecule has 0 heterocycles. The summed E-state index contributed by atoms with van der Waals surface area (Å²) in [6.07, 6.45) is 10.0. The Morgan fingerprint density at radius 2 is 1.39 bits per heavy atom. The molecule has 0 saturated heterocycles. The van der Waals surface area contributed by atoms with Crippen molar-refractivity contribution < 1.29 is 19.5 Å². The van der Waals surface area contributed by atoms with Gasteiger partial charge >= 0.3 is 12.0 Å². The predicted octanol–water partition coefficient (Wildman–Crippen LogP) is 3.75. The molecule has 2 aliphatic carbocycles. The summed E-state index contributed by atoms with van der Waals surface area (Å²) in [6.45, 7) is 0. The second-order valence-electron chi connectivity index (χ2n) is 7.49. The van der Waals surface area contributed by atoms with E-state index in [4.69, 9.17) is 0 Å². The van der Waals surface area contributed by atoms with Crippen LogP contribution in [0.2, 0.25) is 0 Å². The first-order chi connectivity index (χ1) is 13.5. The van der Waals surface area contributed by atoms with Gasteiger partial charge in [0.25, 0.3) is 0 Å². The maximum absolute atomic E-state index is 12.5. The number of carboxylic acid groups (broad SMARTS) is 1. The normalized spacial score (nSPS) is 22.3. The monoisotopic (exact) mass is 385 g/mol. The number of benzene rings is 1. The van der Waals surface area contributed by atoms with Gasteiger partial charge in [-0.25, -0.2) is 4.79 Å². The molecule has 1 aromatic carbocycles. The topological polar surface area (TPSA) is 108 Å². The van der Waals surface area contributed by atoms with Crippen LogP contribution in [0.3, 0.4) is 0 Å². The number of carboxylic acids is 1. The molecule has 0 radical (unpaired) electrons. The van der Waals surface area contributed by atoms with Crippen molar-refractivity contribution in [2.45, 2.75) is 51.0 Å². The van der Waals surface area contributed by atoms with Crippen LogP contribution in [0.15, 0.2) is 36.4 Å². The van der Waals surface area contributed by atoms with Gasteiger partial charge < -0.3 is 21.1 Å². The van der Waals surface area contributed by atoms with Gasteiger partial charge in [-0.15, -0.1) is 0 Å². The number of allylic oxidation sites excluding steroid dienone is 2. The third kappa shape index (κ3) is 5.34. The summed E-state index contributed by atoms with van der Waals surface area (Å²) in [4.78, 5) is 35.9. The highest BCUT2D eigenvalue weighted by Gasteiger charge is 2.33. The van der Waals surface area contributed by atoms with Crippen LogP contribution in [0, 0.1) is 11.8 Å². The predicted molar refractivity (Wildman–Crippen MR) is 107 cm³/mol. The van der Waals surface area contributed by atoms with Crippen molar-refractivity contribution in [1.82, 2.24) is 5.32 Å². The van der Waals surface area contributed by atoms with Crippen LogP contribution >= 0.6 is 0 Å². The van der Waals surface area contributed by atoms with Crippen LogP contribution in [-0.4, -0.2) is 29.1 Å². The minimum atomic E-state index is -0.951. The molecule has 0 aromatic heterocycles. The van der Waals surface area contributed by atoms with Crippen molar-refractivity contribution in [3.63, 3.8) is 0 Å². The Balaban J connectivity index is 1.52. The molecule has 1 fully saturated rings. The Labute approximate surface area is 164 Å². The van der Waals surface area contributed by atoms with Crippen LogP contribution in [-0.2, 0) is 9.59 Å². The van der Waals surface area contributed by atoms with Crippen molar-refractivity contribution in [2.24, 2.45) is 11.8 Å². The fourth-order valence-corrected chi connectivity index (χ4v) is 3.85. The molecule has 0 spiro atoms. The summed E-state index contributed by atoms with van der Waals surface area (Å²) in [7, 11) is 0. The van der Waals surface area contributed by atoms with Crippen LogP contribution in [0.4, 0.5) is 16.2 Å². The lowest BCUT2D eigenvalue weighted by Gasteiger charge is -2.24. The number of aliphatic carboxylic acids is 1. The molecule has 2 aliphatic rings. The molecule has 7 nitrogen and oxygen atoms in total. The molecule has 3 amide bonds. The number of nitrogens with one attached hydrogen (secondary N) is 3. The maximum atomic E-state index is 12.5. The lowest BCUT2D eigenvalue weighted by Crippen LogP contribution is -2.39. The summed E-state index contributed by atoms with van der Waals surface area (Å²) in [5.41, 5.74) is 1.21.